The van der Waals surface area contributed by atoms with Crippen LogP contribution >= 0.6 is 22.6 Å². The van der Waals surface area contributed by atoms with Crippen molar-refractivity contribution in [1.29, 1.82) is 0 Å². The number of amides is 3. The third kappa shape index (κ3) is 5.76. The first-order valence-corrected chi connectivity index (χ1v) is 10.4. The van der Waals surface area contributed by atoms with Crippen LogP contribution in [0.1, 0.15) is 36.6 Å². The monoisotopic (exact) mass is 527 g/mol. The van der Waals surface area contributed by atoms with Crippen molar-refractivity contribution in [2.75, 3.05) is 6.54 Å². The van der Waals surface area contributed by atoms with Crippen LogP contribution in [0.4, 0.5) is 0 Å². The Balaban J connectivity index is 1.59. The lowest BCUT2D eigenvalue weighted by Crippen LogP contribution is -2.46. The molecule has 0 fully saturated rings. The first-order valence-electron chi connectivity index (χ1n) is 9.28. The quantitative estimate of drug-likeness (QED) is 0.261. The molecule has 3 aromatic rings. The predicted molar refractivity (Wildman–Crippen MR) is 123 cm³/mol. The molecule has 3 amide bonds. The fraction of sp³-hybridized carbons (Fsp3) is 0.0435. The second-order valence-electron chi connectivity index (χ2n) is 6.41. The SMILES string of the molecule is O=C(CNC(=O)c1ccccc1C(=O)c1ccccc1)NNC(=O)c1ccccc1I. The van der Waals surface area contributed by atoms with Gasteiger partial charge in [0.1, 0.15) is 0 Å². The predicted octanol–water partition coefficient (Wildman–Crippen LogP) is 2.71. The Hall–Kier alpha value is -3.53. The minimum Gasteiger partial charge on any atom is -0.343 e. The molecule has 8 heteroatoms. The second kappa shape index (κ2) is 10.5. The lowest BCUT2D eigenvalue weighted by molar-refractivity contribution is -0.120. The normalized spacial score (nSPS) is 10.1. The van der Waals surface area contributed by atoms with Crippen LogP contribution in [0.25, 0.3) is 0 Å². The Labute approximate surface area is 192 Å². The average Bonchev–Trinajstić information content (AvgIpc) is 2.81. The molecular weight excluding hydrogens is 509 g/mol. The maximum absolute atomic E-state index is 12.7. The number of carbonyl (C=O) groups is 4. The number of hydrogen-bond donors (Lipinski definition) is 3. The zero-order chi connectivity index (χ0) is 22.2. The molecule has 0 aliphatic rings. The van der Waals surface area contributed by atoms with E-state index in [0.29, 0.717) is 11.1 Å². The highest BCUT2D eigenvalue weighted by Gasteiger charge is 2.18. The molecule has 0 heterocycles. The topological polar surface area (TPSA) is 104 Å². The number of hydrogen-bond acceptors (Lipinski definition) is 4. The molecule has 31 heavy (non-hydrogen) atoms. The summed E-state index contributed by atoms with van der Waals surface area (Å²) in [6.45, 7) is -0.376. The van der Waals surface area contributed by atoms with Gasteiger partial charge in [0.2, 0.25) is 0 Å². The van der Waals surface area contributed by atoms with E-state index in [1.165, 1.54) is 6.07 Å². The molecule has 0 radical (unpaired) electrons. The van der Waals surface area contributed by atoms with E-state index in [1.807, 2.05) is 22.6 Å². The van der Waals surface area contributed by atoms with E-state index in [1.54, 1.807) is 72.8 Å². The standard InChI is InChI=1S/C23H18IN3O4/c24-19-13-7-6-12-18(19)23(31)27-26-20(28)14-25-22(30)17-11-5-4-10-16(17)21(29)15-8-2-1-3-9-15/h1-13H,14H2,(H,25,30)(H,26,28)(H,27,31). The van der Waals surface area contributed by atoms with Gasteiger partial charge >= 0.3 is 0 Å². The van der Waals surface area contributed by atoms with Crippen molar-refractivity contribution in [2.24, 2.45) is 0 Å². The van der Waals surface area contributed by atoms with Gasteiger partial charge in [-0.05, 0) is 40.8 Å². The highest BCUT2D eigenvalue weighted by Crippen LogP contribution is 2.15. The number of benzene rings is 3. The van der Waals surface area contributed by atoms with Crippen molar-refractivity contribution in [3.63, 3.8) is 0 Å². The average molecular weight is 527 g/mol. The summed E-state index contributed by atoms with van der Waals surface area (Å²) in [5.41, 5.74) is 5.83. The lowest BCUT2D eigenvalue weighted by Gasteiger charge is -2.11. The molecule has 0 unspecified atom stereocenters. The van der Waals surface area contributed by atoms with Crippen molar-refractivity contribution in [2.45, 2.75) is 0 Å². The highest BCUT2D eigenvalue weighted by atomic mass is 127. The Morgan fingerprint density at radius 3 is 1.90 bits per heavy atom. The van der Waals surface area contributed by atoms with Gasteiger partial charge in [-0.1, -0.05) is 60.7 Å². The fourth-order valence-electron chi connectivity index (χ4n) is 2.76. The van der Waals surface area contributed by atoms with E-state index >= 15 is 0 Å². The van der Waals surface area contributed by atoms with Crippen molar-refractivity contribution >= 4 is 46.1 Å². The molecule has 156 valence electrons. The zero-order valence-electron chi connectivity index (χ0n) is 16.2. The van der Waals surface area contributed by atoms with Crippen LogP contribution in [0, 0.1) is 3.57 Å². The van der Waals surface area contributed by atoms with Crippen molar-refractivity contribution in [3.8, 4) is 0 Å². The van der Waals surface area contributed by atoms with Gasteiger partial charge in [-0.3, -0.25) is 30.0 Å². The maximum atomic E-state index is 12.7. The summed E-state index contributed by atoms with van der Waals surface area (Å²) in [5.74, 6) is -1.94. The van der Waals surface area contributed by atoms with Gasteiger partial charge in [0, 0.05) is 14.7 Å². The molecule has 0 aromatic heterocycles. The fourth-order valence-corrected chi connectivity index (χ4v) is 3.40. The number of rotatable bonds is 6. The smallest absolute Gasteiger partial charge is 0.270 e. The summed E-state index contributed by atoms with van der Waals surface area (Å²) in [4.78, 5) is 49.5. The van der Waals surface area contributed by atoms with E-state index in [0.717, 1.165) is 3.57 Å². The molecule has 0 saturated heterocycles. The van der Waals surface area contributed by atoms with Crippen LogP contribution in [0.2, 0.25) is 0 Å². The molecule has 0 aliphatic heterocycles. The highest BCUT2D eigenvalue weighted by molar-refractivity contribution is 14.1. The summed E-state index contributed by atoms with van der Waals surface area (Å²) in [6.07, 6.45) is 0. The molecule has 0 spiro atoms. The maximum Gasteiger partial charge on any atom is 0.270 e. The minimum atomic E-state index is -0.612. The van der Waals surface area contributed by atoms with Crippen LogP contribution in [-0.4, -0.2) is 30.0 Å². The van der Waals surface area contributed by atoms with Crippen LogP contribution in [0.5, 0.6) is 0 Å². The van der Waals surface area contributed by atoms with Gasteiger partial charge in [-0.25, -0.2) is 0 Å². The van der Waals surface area contributed by atoms with Gasteiger partial charge in [-0.2, -0.15) is 0 Å². The Bertz CT molecular complexity index is 1130. The van der Waals surface area contributed by atoms with Gasteiger partial charge in [-0.15, -0.1) is 0 Å². The van der Waals surface area contributed by atoms with Gasteiger partial charge in [0.25, 0.3) is 17.7 Å². The molecule has 3 N–H and O–H groups in total. The summed E-state index contributed by atoms with van der Waals surface area (Å²) in [6, 6.07) is 21.9. The van der Waals surface area contributed by atoms with Gasteiger partial charge < -0.3 is 5.32 Å². The minimum absolute atomic E-state index is 0.159. The third-order valence-corrected chi connectivity index (χ3v) is 5.24. The first-order chi connectivity index (χ1) is 15.0. The molecule has 0 atom stereocenters. The lowest BCUT2D eigenvalue weighted by atomic mass is 9.98. The second-order valence-corrected chi connectivity index (χ2v) is 7.57. The summed E-state index contributed by atoms with van der Waals surface area (Å²) < 4.78 is 0.736. The van der Waals surface area contributed by atoms with Gasteiger partial charge in [0.05, 0.1) is 17.7 Å². The molecule has 3 aromatic carbocycles. The number of nitrogens with one attached hydrogen (secondary N) is 3. The molecule has 0 saturated carbocycles. The van der Waals surface area contributed by atoms with E-state index in [-0.39, 0.29) is 23.5 Å². The Morgan fingerprint density at radius 2 is 1.23 bits per heavy atom. The molecular formula is C23H18IN3O4. The first kappa shape index (κ1) is 22.2. The molecule has 7 nitrogen and oxygen atoms in total. The van der Waals surface area contributed by atoms with Crippen molar-refractivity contribution in [1.82, 2.24) is 16.2 Å². The Kier molecular flexibility index (Phi) is 7.50. The summed E-state index contributed by atoms with van der Waals surface area (Å²) in [5, 5.41) is 2.46. The van der Waals surface area contributed by atoms with Gasteiger partial charge in [0.15, 0.2) is 5.78 Å². The van der Waals surface area contributed by atoms with Crippen LogP contribution in [0.15, 0.2) is 78.9 Å². The summed E-state index contributed by atoms with van der Waals surface area (Å²) in [7, 11) is 0. The van der Waals surface area contributed by atoms with E-state index in [4.69, 9.17) is 0 Å². The number of ketones is 1. The summed E-state index contributed by atoms with van der Waals surface area (Å²) >= 11 is 2.02. The zero-order valence-corrected chi connectivity index (χ0v) is 18.4. The number of carbonyl (C=O) groups excluding carboxylic acids is 4. The van der Waals surface area contributed by atoms with E-state index in [9.17, 15) is 19.2 Å². The number of hydrazine groups is 1. The van der Waals surface area contributed by atoms with Crippen molar-refractivity contribution < 1.29 is 19.2 Å². The molecule has 3 rings (SSSR count). The third-order valence-electron chi connectivity index (χ3n) is 4.30. The number of halogens is 1. The van der Waals surface area contributed by atoms with Crippen molar-refractivity contribution in [3.05, 3.63) is 105 Å². The molecule has 0 bridgehead atoms. The molecule has 0 aliphatic carbocycles. The van der Waals surface area contributed by atoms with E-state index < -0.39 is 17.7 Å². The largest absolute Gasteiger partial charge is 0.343 e. The van der Waals surface area contributed by atoms with E-state index in [2.05, 4.69) is 16.2 Å². The van der Waals surface area contributed by atoms with Crippen LogP contribution in [0.3, 0.4) is 0 Å². The van der Waals surface area contributed by atoms with Crippen LogP contribution in [-0.2, 0) is 4.79 Å². The van der Waals surface area contributed by atoms with Crippen LogP contribution < -0.4 is 16.2 Å². The Morgan fingerprint density at radius 1 is 0.645 bits per heavy atom.